The number of carbonyl (C=O) groups is 3. The molecule has 1 N–H and O–H groups in total. The van der Waals surface area contributed by atoms with Crippen LogP contribution in [0.3, 0.4) is 0 Å². The number of nitrogens with zero attached hydrogens (tertiary/aromatic N) is 2. The minimum absolute atomic E-state index is 0.0312. The van der Waals surface area contributed by atoms with E-state index in [1.165, 1.54) is 0 Å². The largest absolute Gasteiger partial charge is 0.333 e. The van der Waals surface area contributed by atoms with Gasteiger partial charge in [0, 0.05) is 41.5 Å². The fraction of sp³-hybridized carbons (Fsp3) is 0.306. The zero-order chi connectivity index (χ0) is 29.0. The van der Waals surface area contributed by atoms with Gasteiger partial charge in [0.1, 0.15) is 5.54 Å². The van der Waals surface area contributed by atoms with Gasteiger partial charge in [-0.1, -0.05) is 66.7 Å². The van der Waals surface area contributed by atoms with Crippen LogP contribution < -0.4 is 5.32 Å². The summed E-state index contributed by atoms with van der Waals surface area (Å²) in [6.07, 6.45) is 6.51. The second kappa shape index (κ2) is 10.2. The van der Waals surface area contributed by atoms with Gasteiger partial charge in [-0.3, -0.25) is 19.3 Å². The highest BCUT2D eigenvalue weighted by Crippen LogP contribution is 2.55. The molecule has 4 aliphatic rings. The van der Waals surface area contributed by atoms with Crippen LogP contribution in [0.15, 0.2) is 83.9 Å². The molecule has 0 aliphatic carbocycles. The van der Waals surface area contributed by atoms with E-state index in [0.29, 0.717) is 17.6 Å². The summed E-state index contributed by atoms with van der Waals surface area (Å²) >= 11 is 0. The Morgan fingerprint density at radius 1 is 0.857 bits per heavy atom. The average molecular weight is 558 g/mol. The molecule has 0 saturated carbocycles. The Labute approximate surface area is 246 Å². The molecule has 1 spiro atoms. The standard InChI is InChI=1S/C36H35N3O3/c1-23-10-3-5-12-25(23)18-27-21-38(22-28(33(27)40)19-26-13-6-4-11-24(26)2)34(41)31-20-29-14-9-17-39(29)36(31)30-15-7-8-16-32(30)37-35(36)42/h3-8,10-13,15-16,18-19,29,31H,9,14,17,20-22H2,1-2H3,(H,37,42)/b27-18+,28-19+/t29-,31-,36+/m1/s1. The van der Waals surface area contributed by atoms with Crippen molar-refractivity contribution in [3.05, 3.63) is 112 Å². The lowest BCUT2D eigenvalue weighted by molar-refractivity contribution is -0.144. The van der Waals surface area contributed by atoms with E-state index in [2.05, 4.69) is 10.2 Å². The first-order valence-corrected chi connectivity index (χ1v) is 14.9. The maximum Gasteiger partial charge on any atom is 0.250 e. The van der Waals surface area contributed by atoms with E-state index < -0.39 is 11.5 Å². The molecular formula is C36H35N3O3. The van der Waals surface area contributed by atoms with Crippen LogP contribution in [0, 0.1) is 19.8 Å². The summed E-state index contributed by atoms with van der Waals surface area (Å²) in [5, 5.41) is 3.10. The van der Waals surface area contributed by atoms with Crippen molar-refractivity contribution in [2.24, 2.45) is 5.92 Å². The van der Waals surface area contributed by atoms with Gasteiger partial charge in [-0.2, -0.15) is 0 Å². The number of fused-ring (bicyclic) bond motifs is 4. The van der Waals surface area contributed by atoms with E-state index >= 15 is 0 Å². The molecule has 6 nitrogen and oxygen atoms in total. The normalized spacial score (nSPS) is 27.1. The quantitative estimate of drug-likeness (QED) is 0.431. The van der Waals surface area contributed by atoms with Crippen molar-refractivity contribution in [2.75, 3.05) is 25.0 Å². The van der Waals surface area contributed by atoms with Gasteiger partial charge >= 0.3 is 0 Å². The molecule has 0 unspecified atom stereocenters. The summed E-state index contributed by atoms with van der Waals surface area (Å²) < 4.78 is 0. The number of piperidine rings is 1. The molecule has 4 heterocycles. The first-order valence-electron chi connectivity index (χ1n) is 14.9. The molecule has 0 radical (unpaired) electrons. The van der Waals surface area contributed by atoms with Gasteiger partial charge in [-0.25, -0.2) is 0 Å². The molecule has 3 atom stereocenters. The van der Waals surface area contributed by atoms with Crippen molar-refractivity contribution in [2.45, 2.75) is 44.7 Å². The van der Waals surface area contributed by atoms with Crippen LogP contribution >= 0.6 is 0 Å². The van der Waals surface area contributed by atoms with E-state index in [9.17, 15) is 14.4 Å². The van der Waals surface area contributed by atoms with Crippen molar-refractivity contribution in [3.8, 4) is 0 Å². The number of carbonyl (C=O) groups excluding carboxylic acids is 3. The maximum atomic E-state index is 14.7. The van der Waals surface area contributed by atoms with Gasteiger partial charge in [-0.15, -0.1) is 0 Å². The van der Waals surface area contributed by atoms with Crippen LogP contribution in [-0.2, 0) is 19.9 Å². The van der Waals surface area contributed by atoms with Crippen LogP contribution in [0.4, 0.5) is 5.69 Å². The second-order valence-electron chi connectivity index (χ2n) is 12.1. The van der Waals surface area contributed by atoms with Crippen LogP contribution in [0.5, 0.6) is 0 Å². The number of ketones is 1. The molecule has 2 amide bonds. The van der Waals surface area contributed by atoms with Crippen molar-refractivity contribution in [3.63, 3.8) is 0 Å². The summed E-state index contributed by atoms with van der Waals surface area (Å²) in [6.45, 7) is 5.29. The molecule has 0 bridgehead atoms. The Balaban J connectivity index is 1.32. The molecule has 7 rings (SSSR count). The third-order valence-electron chi connectivity index (χ3n) is 9.73. The number of hydrogen-bond acceptors (Lipinski definition) is 4. The number of likely N-dealkylation sites (tertiary alicyclic amines) is 1. The number of nitrogens with one attached hydrogen (secondary N) is 1. The molecule has 3 saturated heterocycles. The van der Waals surface area contributed by atoms with E-state index in [1.807, 2.05) is 104 Å². The summed E-state index contributed by atoms with van der Waals surface area (Å²) in [7, 11) is 0. The maximum absolute atomic E-state index is 14.7. The SMILES string of the molecule is Cc1ccccc1/C=C1\CN(C(=O)[C@H]2C[C@H]3CCCN3[C@]23C(=O)Nc2ccccc23)C/C(=C\c2ccccc2C)C1=O. The topological polar surface area (TPSA) is 69.7 Å². The molecule has 0 aromatic heterocycles. The molecule has 3 fully saturated rings. The van der Waals surface area contributed by atoms with E-state index in [1.54, 1.807) is 0 Å². The van der Waals surface area contributed by atoms with Gasteiger partial charge < -0.3 is 10.2 Å². The highest BCUT2D eigenvalue weighted by atomic mass is 16.2. The van der Waals surface area contributed by atoms with Crippen molar-refractivity contribution < 1.29 is 14.4 Å². The number of anilines is 1. The molecule has 6 heteroatoms. The molecule has 4 aliphatic heterocycles. The minimum Gasteiger partial charge on any atom is -0.333 e. The predicted molar refractivity (Wildman–Crippen MR) is 164 cm³/mol. The number of hydrogen-bond donors (Lipinski definition) is 1. The van der Waals surface area contributed by atoms with Crippen LogP contribution in [-0.4, -0.2) is 53.1 Å². The lowest BCUT2D eigenvalue weighted by Gasteiger charge is -2.39. The number of para-hydroxylation sites is 1. The fourth-order valence-corrected chi connectivity index (χ4v) is 7.65. The molecular weight excluding hydrogens is 522 g/mol. The van der Waals surface area contributed by atoms with Crippen molar-refractivity contribution >= 4 is 35.4 Å². The van der Waals surface area contributed by atoms with E-state index in [-0.39, 0.29) is 36.7 Å². The van der Waals surface area contributed by atoms with Crippen molar-refractivity contribution in [1.29, 1.82) is 0 Å². The van der Waals surface area contributed by atoms with Gasteiger partial charge in [0.2, 0.25) is 11.8 Å². The van der Waals surface area contributed by atoms with Gasteiger partial charge in [0.15, 0.2) is 5.78 Å². The number of rotatable bonds is 3. The van der Waals surface area contributed by atoms with Crippen molar-refractivity contribution in [1.82, 2.24) is 9.80 Å². The summed E-state index contributed by atoms with van der Waals surface area (Å²) in [5.74, 6) is -0.726. The van der Waals surface area contributed by atoms with E-state index in [4.69, 9.17) is 0 Å². The van der Waals surface area contributed by atoms with Crippen LogP contribution in [0.2, 0.25) is 0 Å². The van der Waals surface area contributed by atoms with Crippen LogP contribution in [0.25, 0.3) is 12.2 Å². The molecule has 3 aromatic rings. The third-order valence-corrected chi connectivity index (χ3v) is 9.73. The lowest BCUT2D eigenvalue weighted by Crippen LogP contribution is -2.56. The smallest absolute Gasteiger partial charge is 0.250 e. The van der Waals surface area contributed by atoms with Gasteiger partial charge in [-0.05, 0) is 80.1 Å². The molecule has 42 heavy (non-hydrogen) atoms. The Morgan fingerprint density at radius 3 is 2.10 bits per heavy atom. The first kappa shape index (κ1) is 26.6. The second-order valence-corrected chi connectivity index (χ2v) is 12.1. The first-order chi connectivity index (χ1) is 20.4. The monoisotopic (exact) mass is 557 g/mol. The number of Topliss-reactive ketones (excluding diaryl/α,β-unsaturated/α-hetero) is 1. The highest BCUT2D eigenvalue weighted by Gasteiger charge is 2.66. The number of aryl methyl sites for hydroxylation is 2. The van der Waals surface area contributed by atoms with Gasteiger partial charge in [0.25, 0.3) is 0 Å². The molecule has 3 aromatic carbocycles. The Bertz CT molecular complexity index is 1620. The van der Waals surface area contributed by atoms with Gasteiger partial charge in [0.05, 0.1) is 5.92 Å². The Kier molecular flexibility index (Phi) is 6.47. The summed E-state index contributed by atoms with van der Waals surface area (Å²) in [6, 6.07) is 23.9. The highest BCUT2D eigenvalue weighted by molar-refractivity contribution is 6.16. The fourth-order valence-electron chi connectivity index (χ4n) is 7.65. The predicted octanol–water partition coefficient (Wildman–Crippen LogP) is 5.51. The summed E-state index contributed by atoms with van der Waals surface area (Å²) in [4.78, 5) is 46.7. The number of amides is 2. The number of benzene rings is 3. The Hall–Kier alpha value is -4.29. The molecule has 212 valence electrons. The van der Waals surface area contributed by atoms with E-state index in [0.717, 1.165) is 52.9 Å². The lowest BCUT2D eigenvalue weighted by atomic mass is 9.77. The van der Waals surface area contributed by atoms with Crippen LogP contribution in [0.1, 0.15) is 47.1 Å². The average Bonchev–Trinajstić information content (AvgIpc) is 3.66. The third kappa shape index (κ3) is 4.08. The minimum atomic E-state index is -1.02. The Morgan fingerprint density at radius 2 is 1.45 bits per heavy atom. The summed E-state index contributed by atoms with van der Waals surface area (Å²) in [5.41, 5.74) is 5.93. The zero-order valence-electron chi connectivity index (χ0n) is 24.1. The zero-order valence-corrected chi connectivity index (χ0v) is 24.1.